The minimum atomic E-state index is 0.0997. The van der Waals surface area contributed by atoms with Gasteiger partial charge in [-0.05, 0) is 61.2 Å². The lowest BCUT2D eigenvalue weighted by Gasteiger charge is -2.33. The van der Waals surface area contributed by atoms with Gasteiger partial charge < -0.3 is 4.90 Å². The van der Waals surface area contributed by atoms with Crippen molar-refractivity contribution >= 4 is 16.9 Å². The van der Waals surface area contributed by atoms with Crippen LogP contribution in [0.3, 0.4) is 0 Å². The summed E-state index contributed by atoms with van der Waals surface area (Å²) in [6, 6.07) is 24.8. The molecule has 1 aliphatic rings. The number of imidazole rings is 1. The van der Waals surface area contributed by atoms with Crippen LogP contribution in [0.5, 0.6) is 0 Å². The van der Waals surface area contributed by atoms with Crippen LogP contribution >= 0.6 is 0 Å². The zero-order valence-corrected chi connectivity index (χ0v) is 17.2. The third-order valence-electron chi connectivity index (χ3n) is 6.05. The summed E-state index contributed by atoms with van der Waals surface area (Å²) >= 11 is 0. The summed E-state index contributed by atoms with van der Waals surface area (Å²) in [6.07, 6.45) is 4.00. The molecule has 1 fully saturated rings. The van der Waals surface area contributed by atoms with Gasteiger partial charge in [-0.15, -0.1) is 0 Å². The molecule has 4 nitrogen and oxygen atoms in total. The van der Waals surface area contributed by atoms with Crippen molar-refractivity contribution in [3.05, 3.63) is 95.8 Å². The van der Waals surface area contributed by atoms with E-state index in [0.29, 0.717) is 11.5 Å². The van der Waals surface area contributed by atoms with Gasteiger partial charge in [0.1, 0.15) is 6.33 Å². The van der Waals surface area contributed by atoms with Crippen LogP contribution in [-0.4, -0.2) is 33.4 Å². The van der Waals surface area contributed by atoms with Gasteiger partial charge in [0.25, 0.3) is 5.91 Å². The molecule has 4 aromatic rings. The number of carbonyl (C=O) groups excluding carboxylic acids is 1. The first-order valence-electron chi connectivity index (χ1n) is 10.6. The van der Waals surface area contributed by atoms with Gasteiger partial charge in [0.15, 0.2) is 0 Å². The van der Waals surface area contributed by atoms with Gasteiger partial charge in [-0.3, -0.25) is 9.36 Å². The first kappa shape index (κ1) is 18.6. The van der Waals surface area contributed by atoms with Crippen molar-refractivity contribution in [2.45, 2.75) is 25.7 Å². The van der Waals surface area contributed by atoms with E-state index in [4.69, 9.17) is 0 Å². The van der Waals surface area contributed by atoms with Crippen LogP contribution < -0.4 is 0 Å². The molecule has 30 heavy (non-hydrogen) atoms. The lowest BCUT2D eigenvalue weighted by atomic mass is 9.90. The third-order valence-corrected chi connectivity index (χ3v) is 6.05. The summed E-state index contributed by atoms with van der Waals surface area (Å²) in [6.45, 7) is 3.68. The number of piperidine rings is 1. The largest absolute Gasteiger partial charge is 0.338 e. The van der Waals surface area contributed by atoms with Gasteiger partial charge in [0, 0.05) is 30.3 Å². The minimum absolute atomic E-state index is 0.0997. The van der Waals surface area contributed by atoms with Gasteiger partial charge in [-0.2, -0.15) is 0 Å². The third kappa shape index (κ3) is 3.50. The Morgan fingerprint density at radius 3 is 2.70 bits per heavy atom. The second-order valence-corrected chi connectivity index (χ2v) is 8.16. The Morgan fingerprint density at radius 2 is 1.87 bits per heavy atom. The number of hydrogen-bond acceptors (Lipinski definition) is 2. The fraction of sp³-hybridized carbons (Fsp3) is 0.231. The average molecular weight is 396 g/mol. The smallest absolute Gasteiger partial charge is 0.253 e. The molecule has 0 aliphatic carbocycles. The van der Waals surface area contributed by atoms with Crippen LogP contribution in [0.1, 0.15) is 40.2 Å². The van der Waals surface area contributed by atoms with Crippen molar-refractivity contribution in [3.63, 3.8) is 0 Å². The second-order valence-electron chi connectivity index (χ2n) is 8.16. The van der Waals surface area contributed by atoms with Gasteiger partial charge in [-0.1, -0.05) is 42.5 Å². The predicted molar refractivity (Wildman–Crippen MR) is 120 cm³/mol. The summed E-state index contributed by atoms with van der Waals surface area (Å²) in [4.78, 5) is 19.8. The van der Waals surface area contributed by atoms with Crippen LogP contribution in [0.4, 0.5) is 0 Å². The van der Waals surface area contributed by atoms with Crippen molar-refractivity contribution in [2.75, 3.05) is 13.1 Å². The standard InChI is InChI=1S/C26H25N3O/c1-19-7-5-11-23(15-19)29-18-27-24-16-21(12-13-25(24)29)26(30)28-14-6-10-22(17-28)20-8-3-2-4-9-20/h2-5,7-9,11-13,15-16,18,22H,6,10,14,17H2,1H3. The zero-order chi connectivity index (χ0) is 20.5. The Balaban J connectivity index is 1.40. The van der Waals surface area contributed by atoms with Gasteiger partial charge in [0.05, 0.1) is 11.0 Å². The molecule has 5 rings (SSSR count). The van der Waals surface area contributed by atoms with Crippen molar-refractivity contribution in [2.24, 2.45) is 0 Å². The maximum Gasteiger partial charge on any atom is 0.253 e. The van der Waals surface area contributed by atoms with Gasteiger partial charge >= 0.3 is 0 Å². The quantitative estimate of drug-likeness (QED) is 0.469. The molecule has 2 heterocycles. The van der Waals surface area contributed by atoms with Crippen molar-refractivity contribution in [3.8, 4) is 5.69 Å². The van der Waals surface area contributed by atoms with Crippen molar-refractivity contribution in [1.29, 1.82) is 0 Å². The molecule has 0 spiro atoms. The Hall–Kier alpha value is -3.40. The van der Waals surface area contributed by atoms with E-state index in [1.54, 1.807) is 0 Å². The lowest BCUT2D eigenvalue weighted by molar-refractivity contribution is 0.0707. The van der Waals surface area contributed by atoms with E-state index in [1.807, 2.05) is 41.6 Å². The summed E-state index contributed by atoms with van der Waals surface area (Å²) in [5, 5.41) is 0. The number of carbonyl (C=O) groups is 1. The van der Waals surface area contributed by atoms with Crippen LogP contribution in [0.25, 0.3) is 16.7 Å². The summed E-state index contributed by atoms with van der Waals surface area (Å²) in [5.41, 5.74) is 6.18. The SMILES string of the molecule is Cc1cccc(-n2cnc3cc(C(=O)N4CCCC(c5ccccc5)C4)ccc32)c1. The summed E-state index contributed by atoms with van der Waals surface area (Å²) < 4.78 is 2.07. The van der Waals surface area contributed by atoms with Crippen LogP contribution in [0.2, 0.25) is 0 Å². The van der Waals surface area contributed by atoms with E-state index >= 15 is 0 Å². The molecular weight excluding hydrogens is 370 g/mol. The van der Waals surface area contributed by atoms with E-state index < -0.39 is 0 Å². The molecule has 1 aromatic heterocycles. The molecule has 1 unspecified atom stereocenters. The Bertz CT molecular complexity index is 1200. The number of benzene rings is 3. The van der Waals surface area contributed by atoms with Gasteiger partial charge in [-0.25, -0.2) is 4.98 Å². The molecule has 0 N–H and O–H groups in total. The molecule has 3 aromatic carbocycles. The topological polar surface area (TPSA) is 38.1 Å². The van der Waals surface area contributed by atoms with Crippen LogP contribution in [0.15, 0.2) is 79.1 Å². The molecular formula is C26H25N3O. The molecule has 0 bridgehead atoms. The molecule has 1 atom stereocenters. The maximum absolute atomic E-state index is 13.2. The average Bonchev–Trinajstić information content (AvgIpc) is 3.22. The number of rotatable bonds is 3. The lowest BCUT2D eigenvalue weighted by Crippen LogP contribution is -2.39. The van der Waals surface area contributed by atoms with E-state index in [2.05, 4.69) is 58.9 Å². The molecule has 0 radical (unpaired) electrons. The highest BCUT2D eigenvalue weighted by molar-refractivity contribution is 5.97. The maximum atomic E-state index is 13.2. The molecule has 1 saturated heterocycles. The molecule has 0 saturated carbocycles. The van der Waals surface area contributed by atoms with Crippen LogP contribution in [-0.2, 0) is 0 Å². The zero-order valence-electron chi connectivity index (χ0n) is 17.2. The number of aromatic nitrogens is 2. The molecule has 150 valence electrons. The Labute approximate surface area is 176 Å². The van der Waals surface area contributed by atoms with E-state index in [-0.39, 0.29) is 5.91 Å². The second kappa shape index (κ2) is 7.79. The van der Waals surface area contributed by atoms with Gasteiger partial charge in [0.2, 0.25) is 0 Å². The number of aryl methyl sites for hydroxylation is 1. The van der Waals surface area contributed by atoms with E-state index in [1.165, 1.54) is 11.1 Å². The van der Waals surface area contributed by atoms with E-state index in [9.17, 15) is 4.79 Å². The monoisotopic (exact) mass is 395 g/mol. The highest BCUT2D eigenvalue weighted by Crippen LogP contribution is 2.28. The number of hydrogen-bond donors (Lipinski definition) is 0. The molecule has 1 amide bonds. The molecule has 4 heteroatoms. The Morgan fingerprint density at radius 1 is 1.00 bits per heavy atom. The highest BCUT2D eigenvalue weighted by atomic mass is 16.2. The number of likely N-dealkylation sites (tertiary alicyclic amines) is 1. The number of nitrogens with zero attached hydrogens (tertiary/aromatic N) is 3. The highest BCUT2D eigenvalue weighted by Gasteiger charge is 2.25. The minimum Gasteiger partial charge on any atom is -0.338 e. The summed E-state index contributed by atoms with van der Waals surface area (Å²) in [7, 11) is 0. The Kier molecular flexibility index (Phi) is 4.83. The normalized spacial score (nSPS) is 16.7. The predicted octanol–water partition coefficient (Wildman–Crippen LogP) is 5.35. The van der Waals surface area contributed by atoms with E-state index in [0.717, 1.165) is 42.7 Å². The fourth-order valence-electron chi connectivity index (χ4n) is 4.47. The molecule has 1 aliphatic heterocycles. The number of fused-ring (bicyclic) bond motifs is 1. The fourth-order valence-corrected chi connectivity index (χ4v) is 4.47. The first-order valence-corrected chi connectivity index (χ1v) is 10.6. The summed E-state index contributed by atoms with van der Waals surface area (Å²) in [5.74, 6) is 0.510. The van der Waals surface area contributed by atoms with Crippen molar-refractivity contribution < 1.29 is 4.79 Å². The first-order chi connectivity index (χ1) is 14.7. The number of amides is 1. The van der Waals surface area contributed by atoms with Crippen LogP contribution in [0, 0.1) is 6.92 Å². The van der Waals surface area contributed by atoms with Crippen molar-refractivity contribution in [1.82, 2.24) is 14.5 Å².